The summed E-state index contributed by atoms with van der Waals surface area (Å²) in [6, 6.07) is 0. The largest absolute Gasteiger partial charge is 0.450 e. The van der Waals surface area contributed by atoms with Crippen molar-refractivity contribution in [3.63, 3.8) is 0 Å². The van der Waals surface area contributed by atoms with Gasteiger partial charge in [-0.2, -0.15) is 0 Å². The molecule has 0 aliphatic carbocycles. The summed E-state index contributed by atoms with van der Waals surface area (Å²) in [5, 5.41) is 2.60. The fourth-order valence-corrected chi connectivity index (χ4v) is 0.619. The lowest BCUT2D eigenvalue weighted by Gasteiger charge is -2.22. The average Bonchev–Trinajstić information content (AvgIpc) is 2.05. The molecule has 3 heteroatoms. The third-order valence-electron chi connectivity index (χ3n) is 1.68. The minimum absolute atomic E-state index is 0.357. The third kappa shape index (κ3) is 3.29. The van der Waals surface area contributed by atoms with E-state index in [9.17, 15) is 4.79 Å². The number of amides is 1. The summed E-state index contributed by atoms with van der Waals surface area (Å²) in [4.78, 5) is 10.9. The molecule has 0 aromatic rings. The predicted molar refractivity (Wildman–Crippen MR) is 47.7 cm³/mol. The number of hydrogen-bond acceptors (Lipinski definition) is 2. The van der Waals surface area contributed by atoms with Crippen LogP contribution in [0.15, 0.2) is 0 Å². The Morgan fingerprint density at radius 2 is 2.25 bits per heavy atom. The molecule has 1 N–H and O–H groups in total. The Labute approximate surface area is 73.5 Å². The average molecular weight is 169 g/mol. The highest BCUT2D eigenvalue weighted by molar-refractivity contribution is 5.68. The summed E-state index contributed by atoms with van der Waals surface area (Å²) >= 11 is 0. The smallest absolute Gasteiger partial charge is 0.408 e. The number of terminal acetylenes is 1. The van der Waals surface area contributed by atoms with Crippen LogP contribution in [0.4, 0.5) is 4.79 Å². The number of ether oxygens (including phenoxy) is 1. The SMILES string of the molecule is C#C[C@](C)(CC)NC(=O)OCC. The summed E-state index contributed by atoms with van der Waals surface area (Å²) < 4.78 is 4.70. The van der Waals surface area contributed by atoms with E-state index in [2.05, 4.69) is 11.2 Å². The number of alkyl carbamates (subject to hydrolysis) is 1. The molecule has 1 amide bonds. The number of rotatable bonds is 3. The van der Waals surface area contributed by atoms with Crippen molar-refractivity contribution in [2.24, 2.45) is 0 Å². The fourth-order valence-electron chi connectivity index (χ4n) is 0.619. The van der Waals surface area contributed by atoms with Gasteiger partial charge in [0, 0.05) is 0 Å². The van der Waals surface area contributed by atoms with E-state index < -0.39 is 11.6 Å². The molecule has 0 aromatic heterocycles. The van der Waals surface area contributed by atoms with E-state index >= 15 is 0 Å². The molecule has 0 saturated heterocycles. The molecule has 68 valence electrons. The van der Waals surface area contributed by atoms with Crippen LogP contribution < -0.4 is 5.32 Å². The molecule has 0 radical (unpaired) electrons. The quantitative estimate of drug-likeness (QED) is 0.651. The predicted octanol–water partition coefficient (Wildman–Crippen LogP) is 1.53. The van der Waals surface area contributed by atoms with Crippen LogP contribution in [0.25, 0.3) is 0 Å². The van der Waals surface area contributed by atoms with E-state index in [1.807, 2.05) is 6.92 Å². The maximum Gasteiger partial charge on any atom is 0.408 e. The number of nitrogens with one attached hydrogen (secondary N) is 1. The third-order valence-corrected chi connectivity index (χ3v) is 1.68. The van der Waals surface area contributed by atoms with Crippen molar-refractivity contribution in [3.05, 3.63) is 0 Å². The Balaban J connectivity index is 4.05. The van der Waals surface area contributed by atoms with Crippen LogP contribution >= 0.6 is 0 Å². The monoisotopic (exact) mass is 169 g/mol. The summed E-state index contributed by atoms with van der Waals surface area (Å²) in [5.41, 5.74) is -0.591. The van der Waals surface area contributed by atoms with Gasteiger partial charge in [0.25, 0.3) is 0 Å². The van der Waals surface area contributed by atoms with Gasteiger partial charge in [-0.15, -0.1) is 6.42 Å². The van der Waals surface area contributed by atoms with Gasteiger partial charge in [-0.3, -0.25) is 0 Å². The van der Waals surface area contributed by atoms with Gasteiger partial charge in [-0.1, -0.05) is 12.8 Å². The van der Waals surface area contributed by atoms with Crippen LogP contribution in [0.5, 0.6) is 0 Å². The maximum atomic E-state index is 10.9. The summed E-state index contributed by atoms with van der Waals surface area (Å²) in [6.07, 6.45) is 5.47. The van der Waals surface area contributed by atoms with Crippen LogP contribution in [0.1, 0.15) is 27.2 Å². The lowest BCUT2D eigenvalue weighted by molar-refractivity contribution is 0.144. The first-order valence-electron chi connectivity index (χ1n) is 4.00. The molecule has 3 nitrogen and oxygen atoms in total. The zero-order valence-corrected chi connectivity index (χ0v) is 7.81. The van der Waals surface area contributed by atoms with E-state index in [0.29, 0.717) is 13.0 Å². The lowest BCUT2D eigenvalue weighted by atomic mass is 10.0. The summed E-state index contributed by atoms with van der Waals surface area (Å²) in [5.74, 6) is 2.51. The molecule has 0 aliphatic heterocycles. The Hall–Kier alpha value is -1.17. The topological polar surface area (TPSA) is 38.3 Å². The van der Waals surface area contributed by atoms with Crippen LogP contribution in [0.2, 0.25) is 0 Å². The second kappa shape index (κ2) is 4.66. The van der Waals surface area contributed by atoms with Crippen LogP contribution in [0.3, 0.4) is 0 Å². The van der Waals surface area contributed by atoms with E-state index in [1.165, 1.54) is 0 Å². The minimum Gasteiger partial charge on any atom is -0.450 e. The van der Waals surface area contributed by atoms with Crippen molar-refractivity contribution in [2.45, 2.75) is 32.7 Å². The van der Waals surface area contributed by atoms with E-state index in [4.69, 9.17) is 11.2 Å². The van der Waals surface area contributed by atoms with Gasteiger partial charge >= 0.3 is 6.09 Å². The van der Waals surface area contributed by atoms with Gasteiger partial charge in [0.05, 0.1) is 6.61 Å². The molecule has 0 unspecified atom stereocenters. The molecular weight excluding hydrogens is 154 g/mol. The Kier molecular flexibility index (Phi) is 4.20. The van der Waals surface area contributed by atoms with Crippen molar-refractivity contribution in [1.82, 2.24) is 5.32 Å². The molecule has 12 heavy (non-hydrogen) atoms. The highest BCUT2D eigenvalue weighted by atomic mass is 16.5. The van der Waals surface area contributed by atoms with Crippen molar-refractivity contribution in [2.75, 3.05) is 6.61 Å². The first kappa shape index (κ1) is 10.8. The van der Waals surface area contributed by atoms with Gasteiger partial charge < -0.3 is 10.1 Å². The first-order chi connectivity index (χ1) is 5.58. The van der Waals surface area contributed by atoms with Crippen molar-refractivity contribution in [1.29, 1.82) is 0 Å². The minimum atomic E-state index is -0.591. The number of hydrogen-bond donors (Lipinski definition) is 1. The van der Waals surface area contributed by atoms with Crippen LogP contribution in [-0.2, 0) is 4.74 Å². The Morgan fingerprint density at radius 3 is 2.58 bits per heavy atom. The van der Waals surface area contributed by atoms with Crippen molar-refractivity contribution in [3.8, 4) is 12.3 Å². The normalized spacial score (nSPS) is 14.2. The first-order valence-corrected chi connectivity index (χ1v) is 4.00. The number of carbonyl (C=O) groups is 1. The van der Waals surface area contributed by atoms with Gasteiger partial charge in [0.15, 0.2) is 0 Å². The second-order valence-electron chi connectivity index (χ2n) is 2.68. The molecule has 0 rings (SSSR count). The van der Waals surface area contributed by atoms with Crippen LogP contribution in [-0.4, -0.2) is 18.2 Å². The van der Waals surface area contributed by atoms with Crippen molar-refractivity contribution < 1.29 is 9.53 Å². The Bertz CT molecular complexity index is 195. The molecule has 0 bridgehead atoms. The highest BCUT2D eigenvalue weighted by Gasteiger charge is 2.21. The standard InChI is InChI=1S/C9H15NO2/c1-5-9(4,6-2)10-8(11)12-7-3/h1H,6-7H2,2-4H3,(H,10,11)/t9-/m1/s1. The summed E-state index contributed by atoms with van der Waals surface area (Å²) in [6.45, 7) is 5.80. The van der Waals surface area contributed by atoms with Crippen molar-refractivity contribution >= 4 is 6.09 Å². The molecule has 0 saturated carbocycles. The molecule has 0 heterocycles. The van der Waals surface area contributed by atoms with Gasteiger partial charge in [-0.05, 0) is 20.3 Å². The molecule has 0 fully saturated rings. The molecular formula is C9H15NO2. The summed E-state index contributed by atoms with van der Waals surface area (Å²) in [7, 11) is 0. The molecule has 0 spiro atoms. The fraction of sp³-hybridized carbons (Fsp3) is 0.667. The van der Waals surface area contributed by atoms with E-state index in [1.54, 1.807) is 13.8 Å². The zero-order valence-electron chi connectivity index (χ0n) is 7.81. The lowest BCUT2D eigenvalue weighted by Crippen LogP contribution is -2.44. The molecule has 0 aliphatic rings. The number of carbonyl (C=O) groups excluding carboxylic acids is 1. The van der Waals surface area contributed by atoms with E-state index in [0.717, 1.165) is 0 Å². The second-order valence-corrected chi connectivity index (χ2v) is 2.68. The molecule has 1 atom stereocenters. The van der Waals surface area contributed by atoms with E-state index in [-0.39, 0.29) is 0 Å². The Morgan fingerprint density at radius 1 is 1.67 bits per heavy atom. The zero-order chi connectivity index (χ0) is 9.61. The maximum absolute atomic E-state index is 10.9. The van der Waals surface area contributed by atoms with Gasteiger partial charge in [0.1, 0.15) is 5.54 Å². The molecule has 0 aromatic carbocycles. The van der Waals surface area contributed by atoms with Crippen LogP contribution in [0, 0.1) is 12.3 Å². The van der Waals surface area contributed by atoms with Gasteiger partial charge in [-0.25, -0.2) is 4.79 Å². The highest BCUT2D eigenvalue weighted by Crippen LogP contribution is 2.06. The van der Waals surface area contributed by atoms with Gasteiger partial charge in [0.2, 0.25) is 0 Å².